The highest BCUT2D eigenvalue weighted by atomic mass is 32.2. The van der Waals surface area contributed by atoms with E-state index in [1.54, 1.807) is 40.0 Å². The van der Waals surface area contributed by atoms with Crippen molar-refractivity contribution in [3.05, 3.63) is 45.9 Å². The van der Waals surface area contributed by atoms with Crippen LogP contribution in [0.1, 0.15) is 43.1 Å². The number of amides is 1. The minimum Gasteiger partial charge on any atom is -0.444 e. The van der Waals surface area contributed by atoms with Crippen LogP contribution < -0.4 is 14.6 Å². The van der Waals surface area contributed by atoms with E-state index in [1.807, 2.05) is 5.38 Å². The second-order valence-corrected chi connectivity index (χ2v) is 9.28. The van der Waals surface area contributed by atoms with Gasteiger partial charge in [0.25, 0.3) is 0 Å². The van der Waals surface area contributed by atoms with Gasteiger partial charge in [-0.25, -0.2) is 9.78 Å². The molecule has 0 aliphatic carbocycles. The number of rotatable bonds is 8. The molecular weight excluding hydrogens is 418 g/mol. The highest BCUT2D eigenvalue weighted by Crippen LogP contribution is 2.25. The van der Waals surface area contributed by atoms with Crippen molar-refractivity contribution in [3.8, 4) is 5.75 Å². The van der Waals surface area contributed by atoms with Crippen molar-refractivity contribution in [2.75, 3.05) is 7.11 Å². The molecule has 1 aromatic carbocycles. The summed E-state index contributed by atoms with van der Waals surface area (Å²) in [7, 11) is -2.50. The van der Waals surface area contributed by atoms with E-state index in [-0.39, 0.29) is 5.75 Å². The molecule has 2 aromatic rings. The molecule has 9 nitrogen and oxygen atoms in total. The van der Waals surface area contributed by atoms with Crippen molar-refractivity contribution in [1.29, 1.82) is 0 Å². The van der Waals surface area contributed by atoms with Gasteiger partial charge in [-0.1, -0.05) is 12.1 Å². The molecule has 0 aliphatic heterocycles. The van der Waals surface area contributed by atoms with Crippen LogP contribution in [0.3, 0.4) is 0 Å². The lowest BCUT2D eigenvalue weighted by molar-refractivity contribution is 0.0503. The third-order valence-electron chi connectivity index (χ3n) is 3.43. The summed E-state index contributed by atoms with van der Waals surface area (Å²) in [6.07, 6.45) is -0.144. The number of carbonyl (C=O) groups excluding carboxylic acids is 1. The Hall–Kier alpha value is -2.21. The lowest BCUT2D eigenvalue weighted by atomic mass is 10.1. The standard InChI is InChI=1S/C18H25N3O6S2/c1-18(2,3)26-17(22)21-15(16-20-13(10-25-4)11-28-16)9-12-5-7-14(8-6-12)27-29(19,23)24/h5-8,11,15H,9-10H2,1-4H3,(H,21,22)(H2,19,23,24)/t15-/m0/s1. The molecule has 29 heavy (non-hydrogen) atoms. The normalized spacial score (nSPS) is 13.0. The topological polar surface area (TPSA) is 130 Å². The molecular formula is C18H25N3O6S2. The lowest BCUT2D eigenvalue weighted by Crippen LogP contribution is -2.35. The molecule has 0 bridgehead atoms. The van der Waals surface area contributed by atoms with Gasteiger partial charge in [0, 0.05) is 12.5 Å². The van der Waals surface area contributed by atoms with Crippen LogP contribution in [0, 0.1) is 0 Å². The second-order valence-electron chi connectivity index (χ2n) is 7.23. The third kappa shape index (κ3) is 8.36. The molecule has 1 amide bonds. The predicted molar refractivity (Wildman–Crippen MR) is 109 cm³/mol. The predicted octanol–water partition coefficient (Wildman–Crippen LogP) is 2.68. The first-order chi connectivity index (χ1) is 13.4. The van der Waals surface area contributed by atoms with Gasteiger partial charge in [0.15, 0.2) is 0 Å². The second kappa shape index (κ2) is 9.53. The van der Waals surface area contributed by atoms with Gasteiger partial charge in [-0.3, -0.25) is 0 Å². The van der Waals surface area contributed by atoms with E-state index in [9.17, 15) is 13.2 Å². The first-order valence-corrected chi connectivity index (χ1v) is 11.0. The Kier molecular flexibility index (Phi) is 7.58. The SMILES string of the molecule is COCc1csc([C@H](Cc2ccc(OS(N)(=O)=O)cc2)NC(=O)OC(C)(C)C)n1. The number of aromatic nitrogens is 1. The molecule has 0 spiro atoms. The summed E-state index contributed by atoms with van der Waals surface area (Å²) in [5.41, 5.74) is 0.961. The van der Waals surface area contributed by atoms with Crippen LogP contribution in [0.5, 0.6) is 5.75 Å². The average molecular weight is 444 g/mol. The lowest BCUT2D eigenvalue weighted by Gasteiger charge is -2.23. The van der Waals surface area contributed by atoms with Crippen molar-refractivity contribution >= 4 is 27.7 Å². The van der Waals surface area contributed by atoms with E-state index >= 15 is 0 Å². The van der Waals surface area contributed by atoms with E-state index < -0.39 is 28.0 Å². The number of ether oxygens (including phenoxy) is 2. The fourth-order valence-corrected chi connectivity index (χ4v) is 3.63. The Morgan fingerprint density at radius 1 is 1.28 bits per heavy atom. The molecule has 3 N–H and O–H groups in total. The number of methoxy groups -OCH3 is 1. The number of carbonyl (C=O) groups is 1. The quantitative estimate of drug-likeness (QED) is 0.641. The Balaban J connectivity index is 2.18. The molecule has 0 fully saturated rings. The molecule has 11 heteroatoms. The van der Waals surface area contributed by atoms with E-state index in [0.717, 1.165) is 11.3 Å². The van der Waals surface area contributed by atoms with Crippen molar-refractivity contribution < 1.29 is 26.9 Å². The van der Waals surface area contributed by atoms with Gasteiger partial charge >= 0.3 is 16.4 Å². The Morgan fingerprint density at radius 2 is 1.93 bits per heavy atom. The summed E-state index contributed by atoms with van der Waals surface area (Å²) in [4.78, 5) is 16.8. The van der Waals surface area contributed by atoms with Crippen LogP contribution in [0.15, 0.2) is 29.6 Å². The monoisotopic (exact) mass is 443 g/mol. The fraction of sp³-hybridized carbons (Fsp3) is 0.444. The minimum atomic E-state index is -4.09. The zero-order chi connectivity index (χ0) is 21.7. The van der Waals surface area contributed by atoms with Crippen LogP contribution in [0.25, 0.3) is 0 Å². The fourth-order valence-electron chi connectivity index (χ4n) is 2.40. The summed E-state index contributed by atoms with van der Waals surface area (Å²) >= 11 is 1.41. The van der Waals surface area contributed by atoms with Crippen molar-refractivity contribution in [2.24, 2.45) is 5.14 Å². The average Bonchev–Trinajstić information content (AvgIpc) is 3.02. The number of nitrogens with two attached hydrogens (primary N) is 1. The molecule has 1 atom stereocenters. The summed E-state index contributed by atoms with van der Waals surface area (Å²) in [5, 5.41) is 10.3. The van der Waals surface area contributed by atoms with Crippen LogP contribution in [-0.2, 0) is 32.8 Å². The van der Waals surface area contributed by atoms with Crippen molar-refractivity contribution in [1.82, 2.24) is 10.3 Å². The van der Waals surface area contributed by atoms with Gasteiger partial charge in [0.1, 0.15) is 16.4 Å². The summed E-state index contributed by atoms with van der Waals surface area (Å²) in [6, 6.07) is 5.91. The molecule has 1 heterocycles. The highest BCUT2D eigenvalue weighted by Gasteiger charge is 2.23. The number of nitrogens with one attached hydrogen (secondary N) is 1. The molecule has 0 aliphatic rings. The Bertz CT molecular complexity index is 920. The van der Waals surface area contributed by atoms with Gasteiger partial charge in [0.2, 0.25) is 0 Å². The van der Waals surface area contributed by atoms with Gasteiger partial charge in [-0.15, -0.1) is 11.3 Å². The van der Waals surface area contributed by atoms with Gasteiger partial charge in [-0.05, 0) is 44.9 Å². The Morgan fingerprint density at radius 3 is 2.48 bits per heavy atom. The number of thiazole rings is 1. The Labute approximate surface area is 174 Å². The van der Waals surface area contributed by atoms with E-state index in [4.69, 9.17) is 14.6 Å². The van der Waals surface area contributed by atoms with Crippen molar-refractivity contribution in [3.63, 3.8) is 0 Å². The number of benzene rings is 1. The molecule has 0 saturated heterocycles. The molecule has 2 rings (SSSR count). The largest absolute Gasteiger partial charge is 0.444 e. The third-order valence-corrected chi connectivity index (χ3v) is 4.86. The summed E-state index contributed by atoms with van der Waals surface area (Å²) < 4.78 is 37.1. The van der Waals surface area contributed by atoms with E-state index in [2.05, 4.69) is 14.5 Å². The number of nitrogens with zero attached hydrogens (tertiary/aromatic N) is 1. The summed E-state index contributed by atoms with van der Waals surface area (Å²) in [5.74, 6) is 0.101. The number of hydrogen-bond acceptors (Lipinski definition) is 8. The molecule has 1 aromatic heterocycles. The number of alkyl carbamates (subject to hydrolysis) is 1. The maximum atomic E-state index is 12.3. The maximum absolute atomic E-state index is 12.3. The first-order valence-electron chi connectivity index (χ1n) is 8.69. The van der Waals surface area contributed by atoms with Crippen molar-refractivity contribution in [2.45, 2.75) is 45.4 Å². The van der Waals surface area contributed by atoms with Gasteiger partial charge in [-0.2, -0.15) is 13.6 Å². The first kappa shape index (κ1) is 23.1. The summed E-state index contributed by atoms with van der Waals surface area (Å²) in [6.45, 7) is 5.72. The van der Waals surface area contributed by atoms with E-state index in [1.165, 1.54) is 23.5 Å². The minimum absolute atomic E-state index is 0.101. The van der Waals surface area contributed by atoms with Crippen LogP contribution in [0.4, 0.5) is 4.79 Å². The zero-order valence-corrected chi connectivity index (χ0v) is 18.3. The molecule has 0 saturated carbocycles. The highest BCUT2D eigenvalue weighted by molar-refractivity contribution is 7.84. The van der Waals surface area contributed by atoms with E-state index in [0.29, 0.717) is 18.0 Å². The molecule has 160 valence electrons. The number of hydrogen-bond donors (Lipinski definition) is 2. The molecule has 0 unspecified atom stereocenters. The molecule has 0 radical (unpaired) electrons. The van der Waals surface area contributed by atoms with Gasteiger partial charge in [0.05, 0.1) is 18.3 Å². The van der Waals surface area contributed by atoms with Crippen LogP contribution in [0.2, 0.25) is 0 Å². The van der Waals surface area contributed by atoms with Crippen LogP contribution >= 0.6 is 11.3 Å². The maximum Gasteiger partial charge on any atom is 0.408 e. The van der Waals surface area contributed by atoms with Crippen LogP contribution in [-0.4, -0.2) is 32.2 Å². The van der Waals surface area contributed by atoms with Gasteiger partial charge < -0.3 is 19.0 Å². The zero-order valence-electron chi connectivity index (χ0n) is 16.7. The smallest absolute Gasteiger partial charge is 0.408 e.